The predicted molar refractivity (Wildman–Crippen MR) is 254 cm³/mol. The fourth-order valence-electron chi connectivity index (χ4n) is 8.99. The molecule has 0 atom stereocenters. The molecule has 1 heteroatoms. The van der Waals surface area contributed by atoms with Gasteiger partial charge in [0.1, 0.15) is 0 Å². The highest BCUT2D eigenvalue weighted by atomic mass is 14.7. The molecule has 1 aliphatic carbocycles. The first kappa shape index (κ1) is 37.0. The molecule has 0 unspecified atom stereocenters. The van der Waals surface area contributed by atoms with E-state index in [4.69, 9.17) is 4.98 Å². The quantitative estimate of drug-likeness (QED) is 0.143. The molecule has 286 valence electrons. The number of aromatic nitrogens is 1. The molecule has 0 spiro atoms. The molecular formula is C59H45N. The van der Waals surface area contributed by atoms with Gasteiger partial charge in [-0.3, -0.25) is 0 Å². The molecule has 0 saturated carbocycles. The second-order valence-corrected chi connectivity index (χ2v) is 15.6. The van der Waals surface area contributed by atoms with Crippen LogP contribution < -0.4 is 0 Å². The average Bonchev–Trinajstić information content (AvgIpc) is 3.35. The van der Waals surface area contributed by atoms with Gasteiger partial charge in [-0.15, -0.1) is 0 Å². The Hall–Kier alpha value is -7.35. The SMILES string of the molecule is C1=C(c2ccccc2-c2cc(-c3cccc(-c4ccccc4-c4ccccc4-c4ccccc4-c4ccccc4-c4ccccc4)c3)cc(-c3ccccc3)n2)CCCC1. The number of benzene rings is 8. The summed E-state index contributed by atoms with van der Waals surface area (Å²) in [4.78, 5) is 5.35. The third-order valence-corrected chi connectivity index (χ3v) is 11.9. The van der Waals surface area contributed by atoms with Crippen LogP contribution in [0.15, 0.2) is 224 Å². The highest BCUT2D eigenvalue weighted by Crippen LogP contribution is 2.44. The summed E-state index contributed by atoms with van der Waals surface area (Å²) in [5.41, 5.74) is 21.4. The third-order valence-electron chi connectivity index (χ3n) is 11.9. The topological polar surface area (TPSA) is 12.9 Å². The van der Waals surface area contributed by atoms with Crippen molar-refractivity contribution < 1.29 is 0 Å². The number of nitrogens with zero attached hydrogens (tertiary/aromatic N) is 1. The van der Waals surface area contributed by atoms with E-state index in [1.54, 1.807) is 0 Å². The van der Waals surface area contributed by atoms with E-state index in [1.165, 1.54) is 85.2 Å². The van der Waals surface area contributed by atoms with Crippen molar-refractivity contribution in [2.45, 2.75) is 25.7 Å². The maximum atomic E-state index is 5.35. The zero-order chi connectivity index (χ0) is 40.1. The van der Waals surface area contributed by atoms with Gasteiger partial charge in [-0.1, -0.05) is 206 Å². The molecule has 1 nitrogen and oxygen atoms in total. The number of rotatable bonds is 9. The maximum absolute atomic E-state index is 5.35. The first-order valence-corrected chi connectivity index (χ1v) is 21.2. The van der Waals surface area contributed by atoms with Crippen LogP contribution in [0.1, 0.15) is 31.2 Å². The molecule has 60 heavy (non-hydrogen) atoms. The first-order chi connectivity index (χ1) is 29.8. The van der Waals surface area contributed by atoms with Crippen LogP contribution in [0, 0.1) is 0 Å². The van der Waals surface area contributed by atoms with Gasteiger partial charge in [0, 0.05) is 11.1 Å². The number of pyridine rings is 1. The minimum atomic E-state index is 0.975. The molecule has 0 radical (unpaired) electrons. The molecule has 9 aromatic rings. The summed E-state index contributed by atoms with van der Waals surface area (Å²) < 4.78 is 0. The Morgan fingerprint density at radius 2 is 0.683 bits per heavy atom. The summed E-state index contributed by atoms with van der Waals surface area (Å²) in [5.74, 6) is 0. The molecule has 1 aromatic heterocycles. The Morgan fingerprint density at radius 1 is 0.267 bits per heavy atom. The summed E-state index contributed by atoms with van der Waals surface area (Å²) in [6.07, 6.45) is 7.18. The standard InChI is InChI=1S/C59H45N/c1-4-21-42(22-5-1)48-29-10-13-32-51(48)53-34-15-17-36-55(53)56-37-18-16-35-54(56)52-33-14-11-31-50(52)46-28-20-27-45(39-46)47-40-58(44-25-8-3-9-26-44)60-59(41-47)57-38-19-12-30-49(57)43-23-6-2-7-24-43/h1,3-5,8-23,25-41H,2,6-7,24H2. The maximum Gasteiger partial charge on any atom is 0.0721 e. The van der Waals surface area contributed by atoms with Gasteiger partial charge >= 0.3 is 0 Å². The van der Waals surface area contributed by atoms with Crippen LogP contribution in [0.5, 0.6) is 0 Å². The molecule has 0 fully saturated rings. The van der Waals surface area contributed by atoms with Crippen molar-refractivity contribution in [3.05, 3.63) is 230 Å². The van der Waals surface area contributed by atoms with Crippen LogP contribution in [-0.4, -0.2) is 4.98 Å². The van der Waals surface area contributed by atoms with Crippen LogP contribution in [0.25, 0.3) is 94.8 Å². The summed E-state index contributed by atoms with van der Waals surface area (Å²) >= 11 is 0. The zero-order valence-corrected chi connectivity index (χ0v) is 33.6. The lowest BCUT2D eigenvalue weighted by Gasteiger charge is -2.19. The van der Waals surface area contributed by atoms with E-state index >= 15 is 0 Å². The summed E-state index contributed by atoms with van der Waals surface area (Å²) in [6.45, 7) is 0. The molecule has 0 amide bonds. The smallest absolute Gasteiger partial charge is 0.0721 e. The van der Waals surface area contributed by atoms with Crippen molar-refractivity contribution >= 4 is 5.57 Å². The highest BCUT2D eigenvalue weighted by Gasteiger charge is 2.19. The number of hydrogen-bond donors (Lipinski definition) is 0. The summed E-state index contributed by atoms with van der Waals surface area (Å²) in [7, 11) is 0. The summed E-state index contributed by atoms with van der Waals surface area (Å²) in [6, 6.07) is 79.1. The number of hydrogen-bond acceptors (Lipinski definition) is 1. The molecule has 1 heterocycles. The number of allylic oxidation sites excluding steroid dienone is 2. The Bertz CT molecular complexity index is 2970. The Morgan fingerprint density at radius 3 is 1.23 bits per heavy atom. The molecule has 0 bridgehead atoms. The lowest BCUT2D eigenvalue weighted by atomic mass is 9.85. The van der Waals surface area contributed by atoms with Gasteiger partial charge < -0.3 is 0 Å². The third kappa shape index (κ3) is 7.43. The first-order valence-electron chi connectivity index (χ1n) is 21.2. The van der Waals surface area contributed by atoms with E-state index in [0.29, 0.717) is 0 Å². The van der Waals surface area contributed by atoms with Gasteiger partial charge in [0.2, 0.25) is 0 Å². The second kappa shape index (κ2) is 16.9. The molecule has 10 rings (SSSR count). The van der Waals surface area contributed by atoms with Gasteiger partial charge in [-0.05, 0) is 122 Å². The molecule has 0 aliphatic heterocycles. The van der Waals surface area contributed by atoms with Crippen molar-refractivity contribution in [3.63, 3.8) is 0 Å². The zero-order valence-electron chi connectivity index (χ0n) is 33.6. The van der Waals surface area contributed by atoms with Gasteiger partial charge in [0.15, 0.2) is 0 Å². The van der Waals surface area contributed by atoms with E-state index in [-0.39, 0.29) is 0 Å². The molecular weight excluding hydrogens is 723 g/mol. The monoisotopic (exact) mass is 767 g/mol. The van der Waals surface area contributed by atoms with Gasteiger partial charge in [-0.25, -0.2) is 4.98 Å². The van der Waals surface area contributed by atoms with E-state index in [9.17, 15) is 0 Å². The van der Waals surface area contributed by atoms with Crippen molar-refractivity contribution in [1.29, 1.82) is 0 Å². The molecule has 0 saturated heterocycles. The second-order valence-electron chi connectivity index (χ2n) is 15.6. The van der Waals surface area contributed by atoms with Crippen molar-refractivity contribution in [3.8, 4) is 89.3 Å². The van der Waals surface area contributed by atoms with Crippen LogP contribution in [0.2, 0.25) is 0 Å². The molecule has 1 aliphatic rings. The van der Waals surface area contributed by atoms with E-state index in [1.807, 2.05) is 0 Å². The average molecular weight is 768 g/mol. The normalized spacial score (nSPS) is 12.5. The Kier molecular flexibility index (Phi) is 10.4. The van der Waals surface area contributed by atoms with Crippen molar-refractivity contribution in [1.82, 2.24) is 4.98 Å². The predicted octanol–water partition coefficient (Wildman–Crippen LogP) is 16.4. The summed E-state index contributed by atoms with van der Waals surface area (Å²) in [5, 5.41) is 0. The molecule has 0 N–H and O–H groups in total. The van der Waals surface area contributed by atoms with Crippen LogP contribution >= 0.6 is 0 Å². The largest absolute Gasteiger partial charge is 0.248 e. The van der Waals surface area contributed by atoms with Gasteiger partial charge in [0.25, 0.3) is 0 Å². The van der Waals surface area contributed by atoms with Crippen molar-refractivity contribution in [2.24, 2.45) is 0 Å². The molecule has 8 aromatic carbocycles. The van der Waals surface area contributed by atoms with E-state index < -0.39 is 0 Å². The Balaban J connectivity index is 1.09. The van der Waals surface area contributed by atoms with Gasteiger partial charge in [0.05, 0.1) is 11.4 Å². The Labute approximate surface area is 354 Å². The van der Waals surface area contributed by atoms with Gasteiger partial charge in [-0.2, -0.15) is 0 Å². The highest BCUT2D eigenvalue weighted by molar-refractivity contribution is 5.98. The minimum Gasteiger partial charge on any atom is -0.248 e. The van der Waals surface area contributed by atoms with Crippen LogP contribution in [-0.2, 0) is 0 Å². The van der Waals surface area contributed by atoms with Crippen LogP contribution in [0.4, 0.5) is 0 Å². The fraction of sp³-hybridized carbons (Fsp3) is 0.0678. The lowest BCUT2D eigenvalue weighted by Crippen LogP contribution is -1.97. The minimum absolute atomic E-state index is 0.975. The lowest BCUT2D eigenvalue weighted by molar-refractivity contribution is 0.742. The fourth-order valence-corrected chi connectivity index (χ4v) is 8.99. The van der Waals surface area contributed by atoms with E-state index in [2.05, 4.69) is 224 Å². The van der Waals surface area contributed by atoms with Crippen molar-refractivity contribution in [2.75, 3.05) is 0 Å². The van der Waals surface area contributed by atoms with Crippen LogP contribution in [0.3, 0.4) is 0 Å². The van der Waals surface area contributed by atoms with E-state index in [0.717, 1.165) is 40.9 Å².